The van der Waals surface area contributed by atoms with Crippen molar-refractivity contribution in [3.63, 3.8) is 0 Å². The molecule has 1 N–H and O–H groups in total. The van der Waals surface area contributed by atoms with Crippen LogP contribution < -0.4 is 15.0 Å². The molecule has 0 spiro atoms. The lowest BCUT2D eigenvalue weighted by molar-refractivity contribution is 0.102. The smallest absolute Gasteiger partial charge is 0.267 e. The minimum atomic E-state index is -3.80. The van der Waals surface area contributed by atoms with E-state index in [1.807, 2.05) is 18.2 Å². The van der Waals surface area contributed by atoms with Crippen LogP contribution in [0.4, 0.5) is 11.4 Å². The number of halogens is 1. The average Bonchev–Trinajstić information content (AvgIpc) is 3.31. The van der Waals surface area contributed by atoms with Gasteiger partial charge in [0, 0.05) is 42.6 Å². The Kier molecular flexibility index (Phi) is 6.71. The van der Waals surface area contributed by atoms with Crippen molar-refractivity contribution in [1.82, 2.24) is 4.31 Å². The summed E-state index contributed by atoms with van der Waals surface area (Å²) in [4.78, 5) is 15.1. The SMILES string of the molecule is COc1ccc(NC(=O)c2sccc2S(=O)(=O)N2CCN(c3cccc(Cl)c3)CC2)cc1. The van der Waals surface area contributed by atoms with E-state index in [9.17, 15) is 13.2 Å². The van der Waals surface area contributed by atoms with Gasteiger partial charge in [-0.05, 0) is 53.9 Å². The highest BCUT2D eigenvalue weighted by Crippen LogP contribution is 2.28. The van der Waals surface area contributed by atoms with E-state index >= 15 is 0 Å². The van der Waals surface area contributed by atoms with Crippen LogP contribution in [-0.4, -0.2) is 51.9 Å². The molecule has 1 aliphatic rings. The summed E-state index contributed by atoms with van der Waals surface area (Å²) in [6.07, 6.45) is 0. The largest absolute Gasteiger partial charge is 0.497 e. The molecule has 0 radical (unpaired) electrons. The Balaban J connectivity index is 1.47. The van der Waals surface area contributed by atoms with E-state index in [-0.39, 0.29) is 9.77 Å². The summed E-state index contributed by atoms with van der Waals surface area (Å²) in [7, 11) is -2.24. The van der Waals surface area contributed by atoms with Gasteiger partial charge in [-0.25, -0.2) is 8.42 Å². The highest BCUT2D eigenvalue weighted by molar-refractivity contribution is 7.89. The first-order valence-electron chi connectivity index (χ1n) is 9.92. The van der Waals surface area contributed by atoms with Crippen LogP contribution in [0.2, 0.25) is 5.02 Å². The minimum absolute atomic E-state index is 0.0321. The van der Waals surface area contributed by atoms with Crippen molar-refractivity contribution < 1.29 is 17.9 Å². The highest BCUT2D eigenvalue weighted by atomic mass is 35.5. The standard InChI is InChI=1S/C22H22ClN3O4S2/c1-30-19-7-5-17(6-8-19)24-22(27)21-20(9-14-31-21)32(28,29)26-12-10-25(11-13-26)18-4-2-3-16(23)15-18/h2-9,14-15H,10-13H2,1H3,(H,24,27). The summed E-state index contributed by atoms with van der Waals surface area (Å²) < 4.78 is 33.2. The monoisotopic (exact) mass is 491 g/mol. The molecule has 2 aromatic carbocycles. The van der Waals surface area contributed by atoms with Gasteiger partial charge in [0.05, 0.1) is 7.11 Å². The van der Waals surface area contributed by atoms with Crippen LogP contribution in [0, 0.1) is 0 Å². The topological polar surface area (TPSA) is 78.9 Å². The van der Waals surface area contributed by atoms with Crippen LogP contribution in [0.25, 0.3) is 0 Å². The van der Waals surface area contributed by atoms with E-state index in [4.69, 9.17) is 16.3 Å². The molecule has 168 valence electrons. The minimum Gasteiger partial charge on any atom is -0.497 e. The molecule has 1 amide bonds. The lowest BCUT2D eigenvalue weighted by Crippen LogP contribution is -2.48. The zero-order valence-electron chi connectivity index (χ0n) is 17.3. The molecular formula is C22H22ClN3O4S2. The van der Waals surface area contributed by atoms with E-state index in [2.05, 4.69) is 10.2 Å². The Morgan fingerprint density at radius 2 is 1.78 bits per heavy atom. The summed E-state index contributed by atoms with van der Waals surface area (Å²) in [5, 5.41) is 5.02. The van der Waals surface area contributed by atoms with Gasteiger partial charge in [0.1, 0.15) is 15.5 Å². The molecule has 10 heteroatoms. The number of nitrogens with one attached hydrogen (secondary N) is 1. The maximum atomic E-state index is 13.3. The van der Waals surface area contributed by atoms with Gasteiger partial charge in [0.15, 0.2) is 0 Å². The van der Waals surface area contributed by atoms with Crippen LogP contribution in [0.15, 0.2) is 64.9 Å². The van der Waals surface area contributed by atoms with Crippen LogP contribution in [0.3, 0.4) is 0 Å². The Labute approximate surface area is 196 Å². The van der Waals surface area contributed by atoms with Crippen molar-refractivity contribution in [1.29, 1.82) is 0 Å². The number of benzene rings is 2. The summed E-state index contributed by atoms with van der Waals surface area (Å²) in [6.45, 7) is 1.72. The predicted molar refractivity (Wildman–Crippen MR) is 128 cm³/mol. The first kappa shape index (κ1) is 22.6. The number of carbonyl (C=O) groups is 1. The van der Waals surface area contributed by atoms with Crippen LogP contribution in [-0.2, 0) is 10.0 Å². The molecule has 0 aliphatic carbocycles. The number of rotatable bonds is 6. The van der Waals surface area contributed by atoms with Gasteiger partial charge in [0.25, 0.3) is 5.91 Å². The van der Waals surface area contributed by atoms with Gasteiger partial charge in [-0.2, -0.15) is 4.31 Å². The fourth-order valence-electron chi connectivity index (χ4n) is 3.53. The van der Waals surface area contributed by atoms with Crippen LogP contribution >= 0.6 is 22.9 Å². The molecule has 0 atom stereocenters. The van der Waals surface area contributed by atoms with Crippen molar-refractivity contribution in [2.75, 3.05) is 43.5 Å². The molecule has 1 aliphatic heterocycles. The van der Waals surface area contributed by atoms with Crippen molar-refractivity contribution in [3.05, 3.63) is 69.9 Å². The quantitative estimate of drug-likeness (QED) is 0.559. The number of carbonyl (C=O) groups excluding carboxylic acids is 1. The van der Waals surface area contributed by atoms with Crippen molar-refractivity contribution in [3.8, 4) is 5.75 Å². The molecule has 1 fully saturated rings. The van der Waals surface area contributed by atoms with Crippen molar-refractivity contribution in [2.24, 2.45) is 0 Å². The number of methoxy groups -OCH3 is 1. The third kappa shape index (κ3) is 4.75. The third-order valence-corrected chi connectivity index (χ3v) is 8.43. The summed E-state index contributed by atoms with van der Waals surface area (Å²) in [5.41, 5.74) is 1.52. The molecule has 2 heterocycles. The molecule has 7 nitrogen and oxygen atoms in total. The van der Waals surface area contributed by atoms with E-state index < -0.39 is 15.9 Å². The highest BCUT2D eigenvalue weighted by Gasteiger charge is 2.32. The summed E-state index contributed by atoms with van der Waals surface area (Å²) in [6, 6.07) is 15.8. The average molecular weight is 492 g/mol. The van der Waals surface area contributed by atoms with E-state index in [1.165, 1.54) is 10.4 Å². The number of sulfonamides is 1. The van der Waals surface area contributed by atoms with Gasteiger partial charge in [-0.15, -0.1) is 11.3 Å². The van der Waals surface area contributed by atoms with Gasteiger partial charge >= 0.3 is 0 Å². The maximum absolute atomic E-state index is 13.3. The number of piperazine rings is 1. The number of thiophene rings is 1. The van der Waals surface area contributed by atoms with Gasteiger partial charge < -0.3 is 15.0 Å². The molecule has 1 saturated heterocycles. The maximum Gasteiger partial charge on any atom is 0.267 e. The van der Waals surface area contributed by atoms with Crippen molar-refractivity contribution in [2.45, 2.75) is 4.90 Å². The molecule has 0 unspecified atom stereocenters. The Bertz CT molecular complexity index is 1200. The van der Waals surface area contributed by atoms with Crippen molar-refractivity contribution >= 4 is 50.2 Å². The van der Waals surface area contributed by atoms with Crippen LogP contribution in [0.5, 0.6) is 5.75 Å². The van der Waals surface area contributed by atoms with Gasteiger partial charge in [-0.3, -0.25) is 4.79 Å². The number of ether oxygens (including phenoxy) is 1. The summed E-state index contributed by atoms with van der Waals surface area (Å²) in [5.74, 6) is 0.209. The Morgan fingerprint density at radius 1 is 1.06 bits per heavy atom. The molecule has 1 aromatic heterocycles. The third-order valence-electron chi connectivity index (χ3n) is 5.21. The van der Waals surface area contributed by atoms with E-state index in [0.29, 0.717) is 42.6 Å². The van der Waals surface area contributed by atoms with E-state index in [1.54, 1.807) is 42.8 Å². The Morgan fingerprint density at radius 3 is 2.44 bits per heavy atom. The number of hydrogen-bond donors (Lipinski definition) is 1. The number of anilines is 2. The predicted octanol–water partition coefficient (Wildman–Crippen LogP) is 4.17. The first-order chi connectivity index (χ1) is 15.4. The fourth-order valence-corrected chi connectivity index (χ4v) is 6.43. The van der Waals surface area contributed by atoms with Gasteiger partial charge in [-0.1, -0.05) is 17.7 Å². The molecular weight excluding hydrogens is 470 g/mol. The normalized spacial score (nSPS) is 14.9. The first-order valence-corrected chi connectivity index (χ1v) is 12.6. The van der Waals surface area contributed by atoms with Crippen LogP contribution in [0.1, 0.15) is 9.67 Å². The number of amides is 1. The zero-order valence-corrected chi connectivity index (χ0v) is 19.7. The summed E-state index contributed by atoms with van der Waals surface area (Å²) >= 11 is 7.18. The Hall–Kier alpha value is -2.59. The molecule has 0 saturated carbocycles. The second-order valence-electron chi connectivity index (χ2n) is 7.17. The van der Waals surface area contributed by atoms with Gasteiger partial charge in [0.2, 0.25) is 10.0 Å². The lowest BCUT2D eigenvalue weighted by atomic mass is 10.2. The second-order valence-corrected chi connectivity index (χ2v) is 10.4. The molecule has 4 rings (SSSR count). The number of nitrogens with zero attached hydrogens (tertiary/aromatic N) is 2. The molecule has 32 heavy (non-hydrogen) atoms. The molecule has 3 aromatic rings. The second kappa shape index (κ2) is 9.50. The molecule has 0 bridgehead atoms. The van der Waals surface area contributed by atoms with E-state index in [0.717, 1.165) is 17.0 Å². The lowest BCUT2D eigenvalue weighted by Gasteiger charge is -2.35. The zero-order chi connectivity index (χ0) is 22.7. The number of hydrogen-bond acceptors (Lipinski definition) is 6. The fraction of sp³-hybridized carbons (Fsp3) is 0.227.